The van der Waals surface area contributed by atoms with Gasteiger partial charge in [0, 0.05) is 36.6 Å². The third-order valence-corrected chi connectivity index (χ3v) is 5.36. The molecule has 5 rings (SSSR count). The topological polar surface area (TPSA) is 52.8 Å². The maximum absolute atomic E-state index is 13.5. The number of aromatic nitrogens is 4. The van der Waals surface area contributed by atoms with E-state index in [1.807, 2.05) is 62.6 Å². The van der Waals surface area contributed by atoms with Crippen LogP contribution in [0.15, 0.2) is 79.3 Å². The van der Waals surface area contributed by atoms with Gasteiger partial charge in [0.2, 0.25) is 5.88 Å². The first-order valence-electron chi connectivity index (χ1n) is 10.3. The van der Waals surface area contributed by atoms with Crippen LogP contribution in [-0.2, 0) is 13.7 Å². The molecule has 0 aliphatic heterocycles. The van der Waals surface area contributed by atoms with Crippen molar-refractivity contribution in [2.24, 2.45) is 7.05 Å². The quantitative estimate of drug-likeness (QED) is 0.362. The number of hydrogen-bond acceptors (Lipinski definition) is 4. The SMILES string of the molecule is Cc1cc2cc(F)ccc2nc1-c1ccc(COc2nn(C)cc2-c2ccncc2)cc1. The highest BCUT2D eigenvalue weighted by molar-refractivity contribution is 5.83. The molecule has 0 saturated carbocycles. The fourth-order valence-corrected chi connectivity index (χ4v) is 3.76. The van der Waals surface area contributed by atoms with E-state index in [-0.39, 0.29) is 5.82 Å². The van der Waals surface area contributed by atoms with Crippen molar-refractivity contribution in [3.8, 4) is 28.3 Å². The number of fused-ring (bicyclic) bond motifs is 1. The summed E-state index contributed by atoms with van der Waals surface area (Å²) in [6.07, 6.45) is 5.45. The Balaban J connectivity index is 1.36. The van der Waals surface area contributed by atoms with Crippen LogP contribution in [-0.4, -0.2) is 19.7 Å². The molecule has 6 heteroatoms. The second kappa shape index (κ2) is 8.23. The lowest BCUT2D eigenvalue weighted by molar-refractivity contribution is 0.292. The minimum Gasteiger partial charge on any atom is -0.471 e. The molecule has 5 nitrogen and oxygen atoms in total. The number of halogens is 1. The summed E-state index contributed by atoms with van der Waals surface area (Å²) in [6, 6.07) is 18.6. The van der Waals surface area contributed by atoms with Gasteiger partial charge in [-0.3, -0.25) is 9.67 Å². The van der Waals surface area contributed by atoms with Crippen molar-refractivity contribution in [2.45, 2.75) is 13.5 Å². The first-order valence-corrected chi connectivity index (χ1v) is 10.3. The van der Waals surface area contributed by atoms with Crippen LogP contribution in [0.1, 0.15) is 11.1 Å². The van der Waals surface area contributed by atoms with Crippen molar-refractivity contribution in [3.63, 3.8) is 0 Å². The maximum Gasteiger partial charge on any atom is 0.241 e. The summed E-state index contributed by atoms with van der Waals surface area (Å²) in [4.78, 5) is 8.81. The Morgan fingerprint density at radius 1 is 0.938 bits per heavy atom. The average Bonchev–Trinajstić information content (AvgIpc) is 3.19. The summed E-state index contributed by atoms with van der Waals surface area (Å²) in [5, 5.41) is 5.25. The Kier molecular flexibility index (Phi) is 5.11. The van der Waals surface area contributed by atoms with Gasteiger partial charge in [0.05, 0.1) is 16.8 Å². The third-order valence-electron chi connectivity index (χ3n) is 5.36. The number of nitrogens with zero attached hydrogens (tertiary/aromatic N) is 4. The van der Waals surface area contributed by atoms with Gasteiger partial charge in [-0.15, -0.1) is 5.10 Å². The molecule has 0 aliphatic carbocycles. The minimum absolute atomic E-state index is 0.254. The van der Waals surface area contributed by atoms with Crippen molar-refractivity contribution in [1.82, 2.24) is 19.7 Å². The lowest BCUT2D eigenvalue weighted by Gasteiger charge is -2.10. The molecule has 2 aromatic carbocycles. The molecule has 0 spiro atoms. The summed E-state index contributed by atoms with van der Waals surface area (Å²) >= 11 is 0. The lowest BCUT2D eigenvalue weighted by atomic mass is 10.0. The molecule has 3 heterocycles. The second-order valence-electron chi connectivity index (χ2n) is 7.73. The van der Waals surface area contributed by atoms with Gasteiger partial charge < -0.3 is 4.74 Å². The first-order chi connectivity index (χ1) is 15.6. The molecule has 158 valence electrons. The van der Waals surface area contributed by atoms with Crippen LogP contribution in [0.25, 0.3) is 33.3 Å². The van der Waals surface area contributed by atoms with E-state index in [1.54, 1.807) is 23.1 Å². The summed E-state index contributed by atoms with van der Waals surface area (Å²) in [6.45, 7) is 2.39. The number of pyridine rings is 2. The number of ether oxygens (including phenoxy) is 1. The molecule has 3 aromatic heterocycles. The van der Waals surface area contributed by atoms with Crippen LogP contribution in [0.4, 0.5) is 4.39 Å². The largest absolute Gasteiger partial charge is 0.471 e. The van der Waals surface area contributed by atoms with Crippen molar-refractivity contribution in [3.05, 3.63) is 96.2 Å². The Labute approximate surface area is 185 Å². The molecule has 0 aliphatic rings. The smallest absolute Gasteiger partial charge is 0.241 e. The molecule has 0 bridgehead atoms. The molecule has 0 radical (unpaired) electrons. The Hall–Kier alpha value is -4.06. The van der Waals surface area contributed by atoms with Crippen molar-refractivity contribution >= 4 is 10.9 Å². The zero-order chi connectivity index (χ0) is 22.1. The van der Waals surface area contributed by atoms with Gasteiger partial charge >= 0.3 is 0 Å². The molecular formula is C26H21FN4O. The van der Waals surface area contributed by atoms with Gasteiger partial charge in [0.1, 0.15) is 12.4 Å². The van der Waals surface area contributed by atoms with Crippen LogP contribution in [0.2, 0.25) is 0 Å². The van der Waals surface area contributed by atoms with Crippen LogP contribution >= 0.6 is 0 Å². The highest BCUT2D eigenvalue weighted by Crippen LogP contribution is 2.29. The van der Waals surface area contributed by atoms with Gasteiger partial charge in [0.15, 0.2) is 0 Å². The highest BCUT2D eigenvalue weighted by Gasteiger charge is 2.12. The van der Waals surface area contributed by atoms with E-state index in [0.29, 0.717) is 12.5 Å². The number of rotatable bonds is 5. The van der Waals surface area contributed by atoms with Gasteiger partial charge in [-0.1, -0.05) is 24.3 Å². The van der Waals surface area contributed by atoms with Crippen molar-refractivity contribution < 1.29 is 9.13 Å². The Bertz CT molecular complexity index is 1400. The summed E-state index contributed by atoms with van der Waals surface area (Å²) in [5.74, 6) is 0.331. The fraction of sp³-hybridized carbons (Fsp3) is 0.115. The van der Waals surface area contributed by atoms with Crippen molar-refractivity contribution in [2.75, 3.05) is 0 Å². The van der Waals surface area contributed by atoms with E-state index < -0.39 is 0 Å². The predicted molar refractivity (Wildman–Crippen MR) is 123 cm³/mol. The summed E-state index contributed by atoms with van der Waals surface area (Å²) < 4.78 is 21.3. The predicted octanol–water partition coefficient (Wildman–Crippen LogP) is 5.72. The van der Waals surface area contributed by atoms with E-state index >= 15 is 0 Å². The molecule has 32 heavy (non-hydrogen) atoms. The average molecular weight is 424 g/mol. The van der Waals surface area contributed by atoms with Crippen molar-refractivity contribution in [1.29, 1.82) is 0 Å². The van der Waals surface area contributed by atoms with Crippen LogP contribution in [0, 0.1) is 12.7 Å². The van der Waals surface area contributed by atoms with Gasteiger partial charge in [-0.25, -0.2) is 9.37 Å². The number of aryl methyl sites for hydroxylation is 2. The lowest BCUT2D eigenvalue weighted by Crippen LogP contribution is -1.98. The van der Waals surface area contributed by atoms with E-state index in [1.165, 1.54) is 12.1 Å². The fourth-order valence-electron chi connectivity index (χ4n) is 3.76. The highest BCUT2D eigenvalue weighted by atomic mass is 19.1. The molecule has 0 atom stereocenters. The molecule has 0 fully saturated rings. The monoisotopic (exact) mass is 424 g/mol. The van der Waals surface area contributed by atoms with Gasteiger partial charge in [-0.05, 0) is 60.0 Å². The minimum atomic E-state index is -0.254. The first kappa shape index (κ1) is 19.9. The van der Waals surface area contributed by atoms with E-state index in [4.69, 9.17) is 9.72 Å². The molecule has 0 saturated heterocycles. The van der Waals surface area contributed by atoms with Crippen LogP contribution in [0.3, 0.4) is 0 Å². The zero-order valence-corrected chi connectivity index (χ0v) is 17.8. The zero-order valence-electron chi connectivity index (χ0n) is 17.8. The second-order valence-corrected chi connectivity index (χ2v) is 7.73. The standard InChI is InChI=1S/C26H21FN4O/c1-17-13-21-14-22(27)7-8-24(21)29-25(17)20-5-3-18(4-6-20)16-32-26-23(15-31(2)30-26)19-9-11-28-12-10-19/h3-15H,16H2,1-2H3. The molecule has 0 unspecified atom stereocenters. The Morgan fingerprint density at radius 2 is 1.72 bits per heavy atom. The maximum atomic E-state index is 13.5. The molecule has 5 aromatic rings. The normalized spacial score (nSPS) is 11.1. The number of benzene rings is 2. The van der Waals surface area contributed by atoms with Gasteiger partial charge in [0.25, 0.3) is 0 Å². The Morgan fingerprint density at radius 3 is 2.50 bits per heavy atom. The van der Waals surface area contributed by atoms with E-state index in [9.17, 15) is 4.39 Å². The van der Waals surface area contributed by atoms with Crippen LogP contribution < -0.4 is 4.74 Å². The molecule has 0 amide bonds. The number of hydrogen-bond donors (Lipinski definition) is 0. The van der Waals surface area contributed by atoms with Crippen LogP contribution in [0.5, 0.6) is 5.88 Å². The van der Waals surface area contributed by atoms with Gasteiger partial charge in [-0.2, -0.15) is 0 Å². The molecule has 0 N–H and O–H groups in total. The summed E-state index contributed by atoms with van der Waals surface area (Å²) in [7, 11) is 1.87. The third kappa shape index (κ3) is 3.95. The van der Waals surface area contributed by atoms with E-state index in [0.717, 1.165) is 44.4 Å². The van der Waals surface area contributed by atoms with E-state index in [2.05, 4.69) is 10.1 Å². The summed E-state index contributed by atoms with van der Waals surface area (Å²) in [5.41, 5.74) is 6.64. The molecular weight excluding hydrogens is 403 g/mol.